The number of nitrogens with one attached hydrogen (secondary N) is 1. The molecule has 1 amide bonds. The van der Waals surface area contributed by atoms with Crippen LogP contribution < -0.4 is 5.32 Å². The van der Waals surface area contributed by atoms with Gasteiger partial charge in [0.05, 0.1) is 13.2 Å². The van der Waals surface area contributed by atoms with E-state index in [0.717, 1.165) is 24.0 Å². The summed E-state index contributed by atoms with van der Waals surface area (Å²) in [4.78, 5) is 11.4. The molecule has 19 heavy (non-hydrogen) atoms. The Morgan fingerprint density at radius 1 is 1.26 bits per heavy atom. The molecule has 0 spiro atoms. The monoisotopic (exact) mass is 265 g/mol. The van der Waals surface area contributed by atoms with Crippen LogP contribution in [0.25, 0.3) is 0 Å². The summed E-state index contributed by atoms with van der Waals surface area (Å²) in [6.45, 7) is 6.15. The van der Waals surface area contributed by atoms with Gasteiger partial charge in [-0.25, -0.2) is 4.79 Å². The van der Waals surface area contributed by atoms with Gasteiger partial charge in [0, 0.05) is 5.54 Å². The van der Waals surface area contributed by atoms with E-state index in [9.17, 15) is 9.90 Å². The topological polar surface area (TPSA) is 58.6 Å². The third kappa shape index (κ3) is 6.25. The highest BCUT2D eigenvalue weighted by Crippen LogP contribution is 2.11. The molecular formula is C15H23NO3. The Bertz CT molecular complexity index is 410. The van der Waals surface area contributed by atoms with Crippen LogP contribution >= 0.6 is 0 Å². The molecular weight excluding hydrogens is 242 g/mol. The van der Waals surface area contributed by atoms with Crippen molar-refractivity contribution in [2.24, 2.45) is 0 Å². The van der Waals surface area contributed by atoms with Gasteiger partial charge in [-0.2, -0.15) is 0 Å². The molecule has 0 aliphatic rings. The maximum Gasteiger partial charge on any atom is 0.407 e. The molecule has 4 heteroatoms. The van der Waals surface area contributed by atoms with E-state index in [1.807, 2.05) is 45.0 Å². The first-order chi connectivity index (χ1) is 8.92. The molecule has 0 bridgehead atoms. The van der Waals surface area contributed by atoms with E-state index >= 15 is 0 Å². The first kappa shape index (κ1) is 15.5. The van der Waals surface area contributed by atoms with Gasteiger partial charge in [0.25, 0.3) is 0 Å². The molecule has 0 aliphatic heterocycles. The fourth-order valence-corrected chi connectivity index (χ4v) is 1.73. The Hall–Kier alpha value is -1.55. The van der Waals surface area contributed by atoms with Crippen molar-refractivity contribution >= 4 is 6.09 Å². The standard InChI is InChI=1S/C15H23NO3/c1-15(2,3)16-14(18)19-10-6-9-12-7-4-5-8-13(12)11-17/h4-5,7-8,17H,6,9-11H2,1-3H3,(H,16,18). The summed E-state index contributed by atoms with van der Waals surface area (Å²) in [6, 6.07) is 7.74. The lowest BCUT2D eigenvalue weighted by Gasteiger charge is -2.19. The van der Waals surface area contributed by atoms with Crippen LogP contribution in [0.1, 0.15) is 38.3 Å². The maximum absolute atomic E-state index is 11.4. The van der Waals surface area contributed by atoms with Crippen molar-refractivity contribution in [1.82, 2.24) is 5.32 Å². The highest BCUT2D eigenvalue weighted by molar-refractivity contribution is 5.67. The third-order valence-electron chi connectivity index (χ3n) is 2.59. The number of aryl methyl sites for hydroxylation is 1. The molecule has 0 heterocycles. The van der Waals surface area contributed by atoms with E-state index in [1.54, 1.807) is 0 Å². The van der Waals surface area contributed by atoms with Crippen LogP contribution in [0.15, 0.2) is 24.3 Å². The Balaban J connectivity index is 2.29. The second kappa shape index (κ2) is 7.14. The van der Waals surface area contributed by atoms with Gasteiger partial charge in [-0.15, -0.1) is 0 Å². The fraction of sp³-hybridized carbons (Fsp3) is 0.533. The minimum absolute atomic E-state index is 0.0432. The van der Waals surface area contributed by atoms with Gasteiger partial charge in [0.15, 0.2) is 0 Å². The summed E-state index contributed by atoms with van der Waals surface area (Å²) < 4.78 is 5.10. The van der Waals surface area contributed by atoms with Gasteiger partial charge in [0.2, 0.25) is 0 Å². The molecule has 0 saturated carbocycles. The number of aliphatic hydroxyl groups excluding tert-OH is 1. The van der Waals surface area contributed by atoms with Crippen LogP contribution in [0, 0.1) is 0 Å². The number of benzene rings is 1. The zero-order valence-corrected chi connectivity index (χ0v) is 11.9. The summed E-state index contributed by atoms with van der Waals surface area (Å²) in [6.07, 6.45) is 1.15. The van der Waals surface area contributed by atoms with Crippen LogP contribution in [0.2, 0.25) is 0 Å². The smallest absolute Gasteiger partial charge is 0.407 e. The van der Waals surface area contributed by atoms with E-state index in [1.165, 1.54) is 0 Å². The first-order valence-corrected chi connectivity index (χ1v) is 6.55. The van der Waals surface area contributed by atoms with Gasteiger partial charge in [0.1, 0.15) is 0 Å². The molecule has 4 nitrogen and oxygen atoms in total. The minimum atomic E-state index is -0.386. The van der Waals surface area contributed by atoms with Gasteiger partial charge >= 0.3 is 6.09 Å². The highest BCUT2D eigenvalue weighted by atomic mass is 16.5. The molecule has 0 radical (unpaired) electrons. The molecule has 0 unspecified atom stereocenters. The highest BCUT2D eigenvalue weighted by Gasteiger charge is 2.14. The van der Waals surface area contributed by atoms with E-state index in [2.05, 4.69) is 5.32 Å². The number of aliphatic hydroxyl groups is 1. The van der Waals surface area contributed by atoms with Gasteiger partial charge < -0.3 is 15.2 Å². The van der Waals surface area contributed by atoms with Crippen molar-refractivity contribution in [2.45, 2.75) is 45.8 Å². The quantitative estimate of drug-likeness (QED) is 0.805. The summed E-state index contributed by atoms with van der Waals surface area (Å²) in [5.74, 6) is 0. The average Bonchev–Trinajstić information content (AvgIpc) is 2.33. The molecule has 1 aromatic rings. The number of amides is 1. The second-order valence-corrected chi connectivity index (χ2v) is 5.54. The van der Waals surface area contributed by atoms with E-state index < -0.39 is 0 Å². The van der Waals surface area contributed by atoms with Crippen LogP contribution in [0.3, 0.4) is 0 Å². The Morgan fingerprint density at radius 3 is 2.47 bits per heavy atom. The Kier molecular flexibility index (Phi) is 5.83. The van der Waals surface area contributed by atoms with E-state index in [0.29, 0.717) is 6.61 Å². The summed E-state index contributed by atoms with van der Waals surface area (Å²) in [5, 5.41) is 11.9. The van der Waals surface area contributed by atoms with Crippen molar-refractivity contribution in [1.29, 1.82) is 0 Å². The molecule has 0 aliphatic carbocycles. The predicted molar refractivity (Wildman–Crippen MR) is 74.9 cm³/mol. The van der Waals surface area contributed by atoms with Crippen LogP contribution in [-0.2, 0) is 17.8 Å². The molecule has 0 saturated heterocycles. The lowest BCUT2D eigenvalue weighted by atomic mass is 10.0. The summed E-state index contributed by atoms with van der Waals surface area (Å²) >= 11 is 0. The number of rotatable bonds is 5. The van der Waals surface area contributed by atoms with Gasteiger partial charge in [-0.1, -0.05) is 24.3 Å². The minimum Gasteiger partial charge on any atom is -0.450 e. The van der Waals surface area contributed by atoms with Crippen molar-refractivity contribution in [3.05, 3.63) is 35.4 Å². The number of carbonyl (C=O) groups excluding carboxylic acids is 1. The molecule has 0 aromatic heterocycles. The first-order valence-electron chi connectivity index (χ1n) is 6.55. The van der Waals surface area contributed by atoms with Crippen molar-refractivity contribution in [2.75, 3.05) is 6.61 Å². The van der Waals surface area contributed by atoms with Crippen LogP contribution in [0.4, 0.5) is 4.79 Å². The average molecular weight is 265 g/mol. The van der Waals surface area contributed by atoms with E-state index in [-0.39, 0.29) is 18.2 Å². The SMILES string of the molecule is CC(C)(C)NC(=O)OCCCc1ccccc1CO. The van der Waals surface area contributed by atoms with Crippen molar-refractivity contribution in [3.63, 3.8) is 0 Å². The van der Waals surface area contributed by atoms with E-state index in [4.69, 9.17) is 4.74 Å². The van der Waals surface area contributed by atoms with Crippen molar-refractivity contribution in [3.8, 4) is 0 Å². The molecule has 106 valence electrons. The molecule has 2 N–H and O–H groups in total. The third-order valence-corrected chi connectivity index (χ3v) is 2.59. The predicted octanol–water partition coefficient (Wildman–Crippen LogP) is 2.64. The molecule has 0 fully saturated rings. The lowest BCUT2D eigenvalue weighted by Crippen LogP contribution is -2.41. The maximum atomic E-state index is 11.4. The Labute approximate surface area is 114 Å². The lowest BCUT2D eigenvalue weighted by molar-refractivity contribution is 0.136. The zero-order valence-electron chi connectivity index (χ0n) is 11.9. The van der Waals surface area contributed by atoms with Crippen molar-refractivity contribution < 1.29 is 14.6 Å². The van der Waals surface area contributed by atoms with Crippen LogP contribution in [-0.4, -0.2) is 23.3 Å². The molecule has 0 atom stereocenters. The molecule has 1 rings (SSSR count). The molecule has 1 aromatic carbocycles. The zero-order chi connectivity index (χ0) is 14.3. The number of carbonyl (C=O) groups is 1. The fourth-order valence-electron chi connectivity index (χ4n) is 1.73. The number of hydrogen-bond donors (Lipinski definition) is 2. The number of alkyl carbamates (subject to hydrolysis) is 1. The second-order valence-electron chi connectivity index (χ2n) is 5.54. The van der Waals surface area contributed by atoms with Gasteiger partial charge in [-0.05, 0) is 44.7 Å². The van der Waals surface area contributed by atoms with Crippen LogP contribution in [0.5, 0.6) is 0 Å². The summed E-state index contributed by atoms with van der Waals surface area (Å²) in [7, 11) is 0. The number of ether oxygens (including phenoxy) is 1. The Morgan fingerprint density at radius 2 is 1.89 bits per heavy atom. The van der Waals surface area contributed by atoms with Gasteiger partial charge in [-0.3, -0.25) is 0 Å². The summed E-state index contributed by atoms with van der Waals surface area (Å²) in [5.41, 5.74) is 1.76. The number of hydrogen-bond acceptors (Lipinski definition) is 3. The largest absolute Gasteiger partial charge is 0.450 e. The normalized spacial score (nSPS) is 11.2.